The van der Waals surface area contributed by atoms with Crippen LogP contribution in [-0.2, 0) is 4.79 Å². The molecule has 0 aliphatic carbocycles. The summed E-state index contributed by atoms with van der Waals surface area (Å²) in [4.78, 5) is 27.3. The molecule has 1 aliphatic rings. The Morgan fingerprint density at radius 1 is 1.15 bits per heavy atom. The summed E-state index contributed by atoms with van der Waals surface area (Å²) in [5, 5.41) is 0. The van der Waals surface area contributed by atoms with Crippen LogP contribution >= 0.6 is 0 Å². The Labute approximate surface area is 118 Å². The van der Waals surface area contributed by atoms with E-state index < -0.39 is 0 Å². The number of aryl methyl sites for hydroxylation is 1. The first kappa shape index (κ1) is 14.5. The van der Waals surface area contributed by atoms with Crippen LogP contribution in [0, 0.1) is 6.92 Å². The fourth-order valence-corrected chi connectivity index (χ4v) is 2.24. The second-order valence-corrected chi connectivity index (χ2v) is 5.00. The molecule has 6 heteroatoms. The van der Waals surface area contributed by atoms with Crippen molar-refractivity contribution in [3.05, 3.63) is 35.4 Å². The predicted molar refractivity (Wildman–Crippen MR) is 75.9 cm³/mol. The van der Waals surface area contributed by atoms with E-state index in [0.29, 0.717) is 31.7 Å². The number of benzene rings is 1. The van der Waals surface area contributed by atoms with Gasteiger partial charge < -0.3 is 4.90 Å². The average molecular weight is 276 g/mol. The fourth-order valence-electron chi connectivity index (χ4n) is 2.24. The van der Waals surface area contributed by atoms with Gasteiger partial charge in [0.05, 0.1) is 6.54 Å². The second kappa shape index (κ2) is 6.49. The molecular formula is C14H20N4O2. The number of carbonyl (C=O) groups is 2. The van der Waals surface area contributed by atoms with Crippen LogP contribution in [0.15, 0.2) is 24.3 Å². The summed E-state index contributed by atoms with van der Waals surface area (Å²) in [6.07, 6.45) is 0. The van der Waals surface area contributed by atoms with Gasteiger partial charge in [0.1, 0.15) is 0 Å². The maximum atomic E-state index is 12.3. The molecule has 1 saturated heterocycles. The molecule has 0 bridgehead atoms. The molecule has 2 rings (SSSR count). The summed E-state index contributed by atoms with van der Waals surface area (Å²) in [6, 6.07) is 7.59. The number of hydrazine groups is 1. The number of piperazine rings is 1. The van der Waals surface area contributed by atoms with E-state index in [0.717, 1.165) is 5.56 Å². The Balaban J connectivity index is 1.88. The lowest BCUT2D eigenvalue weighted by molar-refractivity contribution is -0.122. The Bertz CT molecular complexity index is 478. The van der Waals surface area contributed by atoms with Crippen LogP contribution in [0.4, 0.5) is 0 Å². The van der Waals surface area contributed by atoms with Crippen LogP contribution in [0.5, 0.6) is 0 Å². The van der Waals surface area contributed by atoms with Crippen LogP contribution in [-0.4, -0.2) is 54.3 Å². The molecule has 0 atom stereocenters. The van der Waals surface area contributed by atoms with E-state index in [1.165, 1.54) is 0 Å². The fraction of sp³-hybridized carbons (Fsp3) is 0.429. The van der Waals surface area contributed by atoms with Crippen LogP contribution in [0.2, 0.25) is 0 Å². The monoisotopic (exact) mass is 276 g/mol. The number of carbonyl (C=O) groups excluding carboxylic acids is 2. The minimum atomic E-state index is -0.205. The van der Waals surface area contributed by atoms with E-state index in [4.69, 9.17) is 5.84 Å². The Morgan fingerprint density at radius 2 is 1.75 bits per heavy atom. The van der Waals surface area contributed by atoms with Crippen molar-refractivity contribution in [3.8, 4) is 0 Å². The van der Waals surface area contributed by atoms with Gasteiger partial charge >= 0.3 is 0 Å². The van der Waals surface area contributed by atoms with Gasteiger partial charge in [0.2, 0.25) is 5.91 Å². The Hall–Kier alpha value is -1.92. The molecule has 0 spiro atoms. The number of nitrogens with zero attached hydrogens (tertiary/aromatic N) is 2. The number of hydrogen-bond acceptors (Lipinski definition) is 4. The predicted octanol–water partition coefficient (Wildman–Crippen LogP) is -0.257. The largest absolute Gasteiger partial charge is 0.336 e. The zero-order valence-corrected chi connectivity index (χ0v) is 11.6. The van der Waals surface area contributed by atoms with Gasteiger partial charge in [-0.25, -0.2) is 5.84 Å². The molecule has 0 unspecified atom stereocenters. The molecule has 3 N–H and O–H groups in total. The number of nitrogens with one attached hydrogen (secondary N) is 1. The third-order valence-electron chi connectivity index (χ3n) is 3.49. The molecule has 1 fully saturated rings. The minimum Gasteiger partial charge on any atom is -0.336 e. The number of rotatable bonds is 3. The summed E-state index contributed by atoms with van der Waals surface area (Å²) in [6.45, 7) is 4.91. The van der Waals surface area contributed by atoms with Crippen molar-refractivity contribution in [2.75, 3.05) is 32.7 Å². The first-order valence-corrected chi connectivity index (χ1v) is 6.68. The van der Waals surface area contributed by atoms with Crippen LogP contribution in [0.1, 0.15) is 15.9 Å². The third kappa shape index (κ3) is 3.55. The average Bonchev–Trinajstić information content (AvgIpc) is 2.48. The Morgan fingerprint density at radius 3 is 2.30 bits per heavy atom. The first-order valence-electron chi connectivity index (χ1n) is 6.68. The number of amides is 2. The highest BCUT2D eigenvalue weighted by atomic mass is 16.2. The maximum Gasteiger partial charge on any atom is 0.253 e. The SMILES string of the molecule is Cc1ccc(C(=O)N2CCN(CC(=O)NN)CC2)cc1. The lowest BCUT2D eigenvalue weighted by Gasteiger charge is -2.34. The maximum absolute atomic E-state index is 12.3. The summed E-state index contributed by atoms with van der Waals surface area (Å²) in [5.74, 6) is 4.91. The van der Waals surface area contributed by atoms with E-state index in [-0.39, 0.29) is 18.4 Å². The van der Waals surface area contributed by atoms with Gasteiger partial charge in [0.15, 0.2) is 0 Å². The smallest absolute Gasteiger partial charge is 0.253 e. The summed E-state index contributed by atoms with van der Waals surface area (Å²) in [7, 11) is 0. The first-order chi connectivity index (χ1) is 9.60. The molecule has 1 aromatic rings. The van der Waals surface area contributed by atoms with Crippen LogP contribution in [0.3, 0.4) is 0 Å². The number of hydrogen-bond donors (Lipinski definition) is 2. The third-order valence-corrected chi connectivity index (χ3v) is 3.49. The molecule has 20 heavy (non-hydrogen) atoms. The quantitative estimate of drug-likeness (QED) is 0.453. The zero-order valence-electron chi connectivity index (χ0n) is 11.6. The van der Waals surface area contributed by atoms with Gasteiger partial charge in [-0.2, -0.15) is 0 Å². The molecule has 2 amide bonds. The molecule has 108 valence electrons. The highest BCUT2D eigenvalue weighted by Crippen LogP contribution is 2.10. The Kier molecular flexibility index (Phi) is 4.70. The second-order valence-electron chi connectivity index (χ2n) is 5.00. The van der Waals surface area contributed by atoms with Crippen LogP contribution in [0.25, 0.3) is 0 Å². The van der Waals surface area contributed by atoms with Crippen molar-refractivity contribution in [2.24, 2.45) is 5.84 Å². The van der Waals surface area contributed by atoms with Crippen molar-refractivity contribution in [1.29, 1.82) is 0 Å². The zero-order chi connectivity index (χ0) is 14.5. The van der Waals surface area contributed by atoms with Gasteiger partial charge in [0, 0.05) is 31.7 Å². The molecule has 1 aliphatic heterocycles. The summed E-state index contributed by atoms with van der Waals surface area (Å²) in [5.41, 5.74) is 3.97. The minimum absolute atomic E-state index is 0.0490. The van der Waals surface area contributed by atoms with Crippen molar-refractivity contribution in [2.45, 2.75) is 6.92 Å². The van der Waals surface area contributed by atoms with E-state index in [9.17, 15) is 9.59 Å². The standard InChI is InChI=1S/C14H20N4O2/c1-11-2-4-12(5-3-11)14(20)18-8-6-17(7-9-18)10-13(19)16-15/h2-5H,6-10,15H2,1H3,(H,16,19). The van der Waals surface area contributed by atoms with Gasteiger partial charge in [-0.3, -0.25) is 19.9 Å². The van der Waals surface area contributed by atoms with E-state index in [2.05, 4.69) is 5.43 Å². The molecule has 0 saturated carbocycles. The summed E-state index contributed by atoms with van der Waals surface area (Å²) < 4.78 is 0. The van der Waals surface area contributed by atoms with E-state index in [1.54, 1.807) is 0 Å². The van der Waals surface area contributed by atoms with E-state index >= 15 is 0 Å². The highest BCUT2D eigenvalue weighted by Gasteiger charge is 2.22. The van der Waals surface area contributed by atoms with Crippen molar-refractivity contribution >= 4 is 11.8 Å². The molecule has 1 aromatic carbocycles. The van der Waals surface area contributed by atoms with Crippen molar-refractivity contribution in [1.82, 2.24) is 15.2 Å². The molecule has 6 nitrogen and oxygen atoms in total. The molecule has 0 radical (unpaired) electrons. The normalized spacial score (nSPS) is 16.0. The molecular weight excluding hydrogens is 256 g/mol. The van der Waals surface area contributed by atoms with Crippen molar-refractivity contribution in [3.63, 3.8) is 0 Å². The van der Waals surface area contributed by atoms with Gasteiger partial charge in [0.25, 0.3) is 5.91 Å². The van der Waals surface area contributed by atoms with Gasteiger partial charge in [-0.15, -0.1) is 0 Å². The van der Waals surface area contributed by atoms with Crippen LogP contribution < -0.4 is 11.3 Å². The van der Waals surface area contributed by atoms with Gasteiger partial charge in [-0.1, -0.05) is 17.7 Å². The summed E-state index contributed by atoms with van der Waals surface area (Å²) >= 11 is 0. The lowest BCUT2D eigenvalue weighted by atomic mass is 10.1. The van der Waals surface area contributed by atoms with Crippen molar-refractivity contribution < 1.29 is 9.59 Å². The molecule has 1 heterocycles. The number of nitrogens with two attached hydrogens (primary N) is 1. The lowest BCUT2D eigenvalue weighted by Crippen LogP contribution is -2.51. The van der Waals surface area contributed by atoms with Gasteiger partial charge in [-0.05, 0) is 19.1 Å². The highest BCUT2D eigenvalue weighted by molar-refractivity contribution is 5.94. The molecule has 0 aromatic heterocycles. The van der Waals surface area contributed by atoms with E-state index in [1.807, 2.05) is 41.0 Å². The topological polar surface area (TPSA) is 78.7 Å².